The highest BCUT2D eigenvalue weighted by Crippen LogP contribution is 2.34. The number of rotatable bonds is 2. The van der Waals surface area contributed by atoms with Gasteiger partial charge in [0.25, 0.3) is 0 Å². The van der Waals surface area contributed by atoms with Crippen LogP contribution in [0, 0.1) is 0 Å². The molecule has 0 saturated carbocycles. The Labute approximate surface area is 119 Å². The zero-order chi connectivity index (χ0) is 14.2. The number of hydrogen-bond donors (Lipinski definition) is 1. The van der Waals surface area contributed by atoms with Gasteiger partial charge in [-0.1, -0.05) is 13.0 Å². The molecule has 110 valence electrons. The zero-order valence-electron chi connectivity index (χ0n) is 11.5. The van der Waals surface area contributed by atoms with Crippen molar-refractivity contribution < 1.29 is 17.9 Å². The molecule has 0 spiro atoms. The number of nitrogens with one attached hydrogen (secondary N) is 1. The molecular weight excluding hydrogens is 278 g/mol. The van der Waals surface area contributed by atoms with Gasteiger partial charge in [-0.2, -0.15) is 0 Å². The Morgan fingerprint density at radius 1 is 1.20 bits per heavy atom. The first kappa shape index (κ1) is 13.7. The van der Waals surface area contributed by atoms with Gasteiger partial charge in [-0.15, -0.1) is 0 Å². The average molecular weight is 297 g/mol. The summed E-state index contributed by atoms with van der Waals surface area (Å²) in [6.45, 7) is 3.09. The minimum atomic E-state index is -3.00. The Morgan fingerprint density at radius 3 is 2.70 bits per heavy atom. The van der Waals surface area contributed by atoms with Crippen LogP contribution in [0.15, 0.2) is 18.2 Å². The zero-order valence-corrected chi connectivity index (χ0v) is 12.3. The van der Waals surface area contributed by atoms with Crippen LogP contribution < -0.4 is 14.8 Å². The SMILES string of the molecule is CCC1CS(=O)(=O)CC(c2ccc3c(c2)OCCO3)N1. The molecule has 1 aromatic carbocycles. The van der Waals surface area contributed by atoms with Crippen molar-refractivity contribution in [2.24, 2.45) is 0 Å². The first-order valence-corrected chi connectivity index (χ1v) is 8.75. The molecule has 1 aromatic rings. The molecule has 1 saturated heterocycles. The van der Waals surface area contributed by atoms with E-state index in [-0.39, 0.29) is 23.6 Å². The van der Waals surface area contributed by atoms with Gasteiger partial charge >= 0.3 is 0 Å². The molecule has 1 fully saturated rings. The van der Waals surface area contributed by atoms with Gasteiger partial charge in [-0.25, -0.2) is 8.42 Å². The van der Waals surface area contributed by atoms with Crippen molar-refractivity contribution in [3.63, 3.8) is 0 Å². The quantitative estimate of drug-likeness (QED) is 0.891. The summed E-state index contributed by atoms with van der Waals surface area (Å²) in [6.07, 6.45) is 0.806. The van der Waals surface area contributed by atoms with E-state index in [1.54, 1.807) is 0 Å². The van der Waals surface area contributed by atoms with Crippen LogP contribution in [-0.4, -0.2) is 39.2 Å². The standard InChI is InChI=1S/C14H19NO4S/c1-2-11-8-20(16,17)9-12(15-11)10-3-4-13-14(7-10)19-6-5-18-13/h3-4,7,11-12,15H,2,5-6,8-9H2,1H3. The molecule has 0 aliphatic carbocycles. The Balaban J connectivity index is 1.88. The molecule has 2 heterocycles. The van der Waals surface area contributed by atoms with Gasteiger partial charge in [0.15, 0.2) is 21.3 Å². The third kappa shape index (κ3) is 2.76. The fraction of sp³-hybridized carbons (Fsp3) is 0.571. The van der Waals surface area contributed by atoms with Crippen LogP contribution in [0.1, 0.15) is 24.9 Å². The smallest absolute Gasteiger partial charge is 0.161 e. The van der Waals surface area contributed by atoms with E-state index in [9.17, 15) is 8.42 Å². The van der Waals surface area contributed by atoms with E-state index >= 15 is 0 Å². The average Bonchev–Trinajstić information content (AvgIpc) is 2.45. The molecule has 2 unspecified atom stereocenters. The van der Waals surface area contributed by atoms with Gasteiger partial charge in [0.1, 0.15) is 13.2 Å². The van der Waals surface area contributed by atoms with E-state index in [1.165, 1.54) is 0 Å². The highest BCUT2D eigenvalue weighted by molar-refractivity contribution is 7.91. The summed E-state index contributed by atoms with van der Waals surface area (Å²) in [7, 11) is -3.00. The fourth-order valence-electron chi connectivity index (χ4n) is 2.71. The number of fused-ring (bicyclic) bond motifs is 1. The van der Waals surface area contributed by atoms with Gasteiger partial charge in [0, 0.05) is 12.1 Å². The summed E-state index contributed by atoms with van der Waals surface area (Å²) < 4.78 is 35.0. The molecule has 2 aliphatic heterocycles. The monoisotopic (exact) mass is 297 g/mol. The largest absolute Gasteiger partial charge is 0.486 e. The third-order valence-electron chi connectivity index (χ3n) is 3.77. The van der Waals surface area contributed by atoms with E-state index in [4.69, 9.17) is 9.47 Å². The van der Waals surface area contributed by atoms with Gasteiger partial charge in [0.2, 0.25) is 0 Å². The molecule has 2 atom stereocenters. The second kappa shape index (κ2) is 5.26. The van der Waals surface area contributed by atoms with Gasteiger partial charge in [-0.05, 0) is 24.1 Å². The minimum Gasteiger partial charge on any atom is -0.486 e. The highest BCUT2D eigenvalue weighted by Gasteiger charge is 2.31. The maximum absolute atomic E-state index is 12.0. The maximum Gasteiger partial charge on any atom is 0.161 e. The van der Waals surface area contributed by atoms with Gasteiger partial charge in [-0.3, -0.25) is 0 Å². The van der Waals surface area contributed by atoms with Gasteiger partial charge in [0.05, 0.1) is 11.5 Å². The highest BCUT2D eigenvalue weighted by atomic mass is 32.2. The molecule has 20 heavy (non-hydrogen) atoms. The summed E-state index contributed by atoms with van der Waals surface area (Å²) in [4.78, 5) is 0. The number of hydrogen-bond acceptors (Lipinski definition) is 5. The molecule has 2 aliphatic rings. The van der Waals surface area contributed by atoms with Crippen LogP contribution >= 0.6 is 0 Å². The van der Waals surface area contributed by atoms with Crippen molar-refractivity contribution in [3.05, 3.63) is 23.8 Å². The van der Waals surface area contributed by atoms with Gasteiger partial charge < -0.3 is 14.8 Å². The Hall–Kier alpha value is -1.27. The molecular formula is C14H19NO4S. The lowest BCUT2D eigenvalue weighted by Gasteiger charge is -2.31. The van der Waals surface area contributed by atoms with Crippen molar-refractivity contribution in [3.8, 4) is 11.5 Å². The number of ether oxygens (including phenoxy) is 2. The van der Waals surface area contributed by atoms with Crippen LogP contribution in [0.4, 0.5) is 0 Å². The summed E-state index contributed by atoms with van der Waals surface area (Å²) in [5, 5.41) is 3.41. The molecule has 0 aromatic heterocycles. The third-order valence-corrected chi connectivity index (χ3v) is 5.53. The summed E-state index contributed by atoms with van der Waals surface area (Å²) in [5.74, 6) is 1.80. The second-order valence-corrected chi connectivity index (χ2v) is 7.46. The lowest BCUT2D eigenvalue weighted by atomic mass is 10.1. The first-order chi connectivity index (χ1) is 9.57. The predicted octanol–water partition coefficient (Wildman–Crippen LogP) is 1.30. The lowest BCUT2D eigenvalue weighted by Crippen LogP contribution is -2.46. The Kier molecular flexibility index (Phi) is 3.60. The van der Waals surface area contributed by atoms with E-state index in [1.807, 2.05) is 25.1 Å². The Bertz CT molecular complexity index is 599. The number of sulfone groups is 1. The van der Waals surface area contributed by atoms with Crippen LogP contribution in [0.3, 0.4) is 0 Å². The van der Waals surface area contributed by atoms with E-state index in [0.29, 0.717) is 19.0 Å². The molecule has 3 rings (SSSR count). The van der Waals surface area contributed by atoms with Crippen LogP contribution in [0.5, 0.6) is 11.5 Å². The van der Waals surface area contributed by atoms with E-state index in [2.05, 4.69) is 5.32 Å². The first-order valence-electron chi connectivity index (χ1n) is 6.93. The molecule has 0 amide bonds. The fourth-order valence-corrected chi connectivity index (χ4v) is 4.59. The lowest BCUT2D eigenvalue weighted by molar-refractivity contribution is 0.171. The normalized spacial score (nSPS) is 28.1. The molecule has 5 nitrogen and oxygen atoms in total. The van der Waals surface area contributed by atoms with Crippen LogP contribution in [0.2, 0.25) is 0 Å². The number of benzene rings is 1. The second-order valence-electron chi connectivity index (χ2n) is 5.30. The molecule has 6 heteroatoms. The van der Waals surface area contributed by atoms with Crippen LogP contribution in [0.25, 0.3) is 0 Å². The molecule has 1 N–H and O–H groups in total. The predicted molar refractivity (Wildman–Crippen MR) is 76.0 cm³/mol. The summed E-state index contributed by atoms with van der Waals surface area (Å²) in [5.41, 5.74) is 0.941. The maximum atomic E-state index is 12.0. The van der Waals surface area contributed by atoms with Crippen molar-refractivity contribution in [2.75, 3.05) is 24.7 Å². The topological polar surface area (TPSA) is 64.6 Å². The Morgan fingerprint density at radius 2 is 1.95 bits per heavy atom. The van der Waals surface area contributed by atoms with E-state index < -0.39 is 9.84 Å². The summed E-state index contributed by atoms with van der Waals surface area (Å²) >= 11 is 0. The summed E-state index contributed by atoms with van der Waals surface area (Å²) in [6, 6.07) is 5.51. The van der Waals surface area contributed by atoms with Crippen molar-refractivity contribution in [1.82, 2.24) is 5.32 Å². The molecule has 0 radical (unpaired) electrons. The van der Waals surface area contributed by atoms with Crippen LogP contribution in [-0.2, 0) is 9.84 Å². The van der Waals surface area contributed by atoms with Crippen molar-refractivity contribution in [2.45, 2.75) is 25.4 Å². The van der Waals surface area contributed by atoms with Crippen molar-refractivity contribution >= 4 is 9.84 Å². The minimum absolute atomic E-state index is 0.0203. The van der Waals surface area contributed by atoms with E-state index in [0.717, 1.165) is 17.7 Å². The molecule has 0 bridgehead atoms. The van der Waals surface area contributed by atoms with Crippen molar-refractivity contribution in [1.29, 1.82) is 0 Å².